The van der Waals surface area contributed by atoms with E-state index in [-0.39, 0.29) is 17.9 Å². The Morgan fingerprint density at radius 3 is 2.61 bits per heavy atom. The number of hydrazone groups is 1. The van der Waals surface area contributed by atoms with Crippen LogP contribution in [0, 0.1) is 11.7 Å². The Morgan fingerprint density at radius 1 is 1.08 bits per heavy atom. The van der Waals surface area contributed by atoms with Gasteiger partial charge in [0.25, 0.3) is 0 Å². The molecule has 7 N–H and O–H groups in total. The average molecular weight is 498 g/mol. The number of para-hydroxylation sites is 1. The third-order valence-corrected chi connectivity index (χ3v) is 6.62. The number of hydrogen-bond donors (Lipinski definition) is 5. The molecular formula is C25H32FN7O3. The lowest BCUT2D eigenvalue weighted by Crippen LogP contribution is -2.39. The summed E-state index contributed by atoms with van der Waals surface area (Å²) in [6, 6.07) is 11.0. The average Bonchev–Trinajstić information content (AvgIpc) is 2.86. The van der Waals surface area contributed by atoms with Crippen LogP contribution >= 0.6 is 0 Å². The van der Waals surface area contributed by atoms with Gasteiger partial charge in [0.15, 0.2) is 0 Å². The van der Waals surface area contributed by atoms with Crippen LogP contribution in [0.1, 0.15) is 43.2 Å². The van der Waals surface area contributed by atoms with Gasteiger partial charge in [-0.25, -0.2) is 25.4 Å². The van der Waals surface area contributed by atoms with E-state index in [1.807, 2.05) is 12.1 Å². The fourth-order valence-electron chi connectivity index (χ4n) is 4.73. The van der Waals surface area contributed by atoms with Gasteiger partial charge in [-0.15, -0.1) is 0 Å². The number of benzene rings is 2. The number of hydrazine groups is 1. The highest BCUT2D eigenvalue weighted by atomic mass is 19.1. The van der Waals surface area contributed by atoms with Crippen molar-refractivity contribution in [2.24, 2.45) is 22.6 Å². The number of fused-ring (bicyclic) bond motifs is 1. The molecule has 0 radical (unpaired) electrons. The standard InChI is InChI=1S/C25H32FN7O3/c26-21-3-1-2-4-22(21)30-24(34)29-19-8-7-18-15-33(12-11-17(18)14-19)25(35)36-20-9-5-16(6-10-20)13-23(27)31-32-28/h1-4,7-8,14,16,20,32H,5-6,9-13,15,28H2,(H2,27,31)(H2,29,30,34). The van der Waals surface area contributed by atoms with E-state index >= 15 is 0 Å². The predicted octanol–water partition coefficient (Wildman–Crippen LogP) is 3.65. The topological polar surface area (TPSA) is 147 Å². The van der Waals surface area contributed by atoms with E-state index in [0.717, 1.165) is 36.8 Å². The first-order chi connectivity index (χ1) is 17.4. The number of halogens is 1. The molecule has 1 aliphatic carbocycles. The highest BCUT2D eigenvalue weighted by Gasteiger charge is 2.28. The quantitative estimate of drug-likeness (QED) is 0.178. The fourth-order valence-corrected chi connectivity index (χ4v) is 4.73. The number of nitrogens with two attached hydrogens (primary N) is 2. The van der Waals surface area contributed by atoms with Gasteiger partial charge in [-0.1, -0.05) is 18.2 Å². The van der Waals surface area contributed by atoms with E-state index in [0.29, 0.717) is 43.4 Å². The second-order valence-electron chi connectivity index (χ2n) is 9.18. The van der Waals surface area contributed by atoms with Crippen LogP contribution in [0.15, 0.2) is 47.6 Å². The van der Waals surface area contributed by atoms with E-state index in [4.69, 9.17) is 16.3 Å². The minimum Gasteiger partial charge on any atom is -0.446 e. The number of carbonyl (C=O) groups is 2. The summed E-state index contributed by atoms with van der Waals surface area (Å²) in [6.07, 6.45) is 4.36. The van der Waals surface area contributed by atoms with E-state index in [9.17, 15) is 14.0 Å². The molecule has 1 saturated carbocycles. The highest BCUT2D eigenvalue weighted by molar-refractivity contribution is 5.99. The maximum absolute atomic E-state index is 13.8. The Labute approximate surface area is 209 Å². The van der Waals surface area contributed by atoms with Crippen molar-refractivity contribution in [3.05, 3.63) is 59.4 Å². The van der Waals surface area contributed by atoms with Gasteiger partial charge in [0.1, 0.15) is 17.8 Å². The summed E-state index contributed by atoms with van der Waals surface area (Å²) < 4.78 is 19.5. The zero-order chi connectivity index (χ0) is 25.5. The highest BCUT2D eigenvalue weighted by Crippen LogP contribution is 2.30. The molecule has 36 heavy (non-hydrogen) atoms. The van der Waals surface area contributed by atoms with Crippen LogP contribution in [-0.4, -0.2) is 35.5 Å². The molecule has 192 valence electrons. The van der Waals surface area contributed by atoms with Crippen LogP contribution < -0.4 is 27.7 Å². The zero-order valence-electron chi connectivity index (χ0n) is 20.0. The molecule has 11 heteroatoms. The third kappa shape index (κ3) is 6.63. The molecule has 10 nitrogen and oxygen atoms in total. The predicted molar refractivity (Wildman–Crippen MR) is 135 cm³/mol. The molecule has 3 amide bonds. The van der Waals surface area contributed by atoms with Gasteiger partial charge in [0.2, 0.25) is 0 Å². The summed E-state index contributed by atoms with van der Waals surface area (Å²) in [5.41, 5.74) is 10.8. The molecule has 2 aromatic carbocycles. The second kappa shape index (κ2) is 11.7. The monoisotopic (exact) mass is 497 g/mol. The molecule has 0 unspecified atom stereocenters. The number of hydrogen-bond acceptors (Lipinski definition) is 6. The van der Waals surface area contributed by atoms with Crippen molar-refractivity contribution in [3.63, 3.8) is 0 Å². The molecule has 0 saturated heterocycles. The number of rotatable bonds is 6. The van der Waals surface area contributed by atoms with E-state index < -0.39 is 11.8 Å². The lowest BCUT2D eigenvalue weighted by molar-refractivity contribution is 0.0357. The summed E-state index contributed by atoms with van der Waals surface area (Å²) in [5, 5.41) is 9.03. The Balaban J connectivity index is 1.25. The Hall–Kier alpha value is -3.86. The van der Waals surface area contributed by atoms with E-state index in [1.54, 1.807) is 23.1 Å². The van der Waals surface area contributed by atoms with Crippen LogP contribution in [-0.2, 0) is 17.7 Å². The van der Waals surface area contributed by atoms with Crippen molar-refractivity contribution in [3.8, 4) is 0 Å². The second-order valence-corrected chi connectivity index (χ2v) is 9.18. The molecular weight excluding hydrogens is 465 g/mol. The zero-order valence-corrected chi connectivity index (χ0v) is 20.0. The van der Waals surface area contributed by atoms with Gasteiger partial charge in [0.05, 0.1) is 5.69 Å². The molecule has 4 rings (SSSR count). The van der Waals surface area contributed by atoms with Crippen molar-refractivity contribution >= 4 is 29.3 Å². The number of nitrogens with zero attached hydrogens (tertiary/aromatic N) is 2. The molecule has 0 bridgehead atoms. The fraction of sp³-hybridized carbons (Fsp3) is 0.400. The number of amidine groups is 1. The summed E-state index contributed by atoms with van der Waals surface area (Å²) in [5.74, 6) is 5.55. The lowest BCUT2D eigenvalue weighted by Gasteiger charge is -2.32. The van der Waals surface area contributed by atoms with Crippen molar-refractivity contribution in [2.45, 2.75) is 51.2 Å². The lowest BCUT2D eigenvalue weighted by atomic mass is 9.85. The maximum atomic E-state index is 13.8. The van der Waals surface area contributed by atoms with Crippen molar-refractivity contribution in [1.29, 1.82) is 0 Å². The number of urea groups is 1. The minimum atomic E-state index is -0.526. The number of anilines is 2. The van der Waals surface area contributed by atoms with Gasteiger partial charge in [0, 0.05) is 25.2 Å². The first kappa shape index (κ1) is 25.2. The first-order valence-electron chi connectivity index (χ1n) is 12.1. The molecule has 0 atom stereocenters. The van der Waals surface area contributed by atoms with Gasteiger partial charge < -0.3 is 26.0 Å². The van der Waals surface area contributed by atoms with Crippen molar-refractivity contribution in [2.75, 3.05) is 17.2 Å². The van der Waals surface area contributed by atoms with Gasteiger partial charge in [-0.3, -0.25) is 0 Å². The van der Waals surface area contributed by atoms with E-state index in [1.165, 1.54) is 12.1 Å². The smallest absolute Gasteiger partial charge is 0.410 e. The van der Waals surface area contributed by atoms with Crippen LogP contribution in [0.3, 0.4) is 0 Å². The van der Waals surface area contributed by atoms with Crippen molar-refractivity contribution in [1.82, 2.24) is 10.4 Å². The molecule has 0 aromatic heterocycles. The number of nitrogens with one attached hydrogen (secondary N) is 3. The molecule has 2 aromatic rings. The van der Waals surface area contributed by atoms with Crippen LogP contribution in [0.5, 0.6) is 0 Å². The van der Waals surface area contributed by atoms with Crippen LogP contribution in [0.4, 0.5) is 25.4 Å². The molecule has 1 aliphatic heterocycles. The van der Waals surface area contributed by atoms with Gasteiger partial charge >= 0.3 is 12.1 Å². The third-order valence-electron chi connectivity index (χ3n) is 6.62. The maximum Gasteiger partial charge on any atom is 0.410 e. The SMILES string of the molecule is NN/N=C(\N)CC1CCC(OC(=O)N2CCc3cc(NC(=O)Nc4ccccc4F)ccc3C2)CC1. The summed E-state index contributed by atoms with van der Waals surface area (Å²) >= 11 is 0. The van der Waals surface area contributed by atoms with Gasteiger partial charge in [-0.05, 0) is 73.4 Å². The van der Waals surface area contributed by atoms with E-state index in [2.05, 4.69) is 21.3 Å². The molecule has 0 spiro atoms. The van der Waals surface area contributed by atoms with Crippen molar-refractivity contribution < 1.29 is 18.7 Å². The molecule has 1 heterocycles. The summed E-state index contributed by atoms with van der Waals surface area (Å²) in [6.45, 7) is 0.982. The Bertz CT molecular complexity index is 1120. The summed E-state index contributed by atoms with van der Waals surface area (Å²) in [4.78, 5) is 26.7. The first-order valence-corrected chi connectivity index (χ1v) is 12.1. The normalized spacial score (nSPS) is 19.7. The Morgan fingerprint density at radius 2 is 1.86 bits per heavy atom. The molecule has 2 aliphatic rings. The van der Waals surface area contributed by atoms with Crippen LogP contribution in [0.25, 0.3) is 0 Å². The number of amides is 3. The summed E-state index contributed by atoms with van der Waals surface area (Å²) in [7, 11) is 0. The molecule has 1 fully saturated rings. The Kier molecular flexibility index (Phi) is 8.21. The number of ether oxygens (including phenoxy) is 1. The number of carbonyl (C=O) groups excluding carboxylic acids is 2. The van der Waals surface area contributed by atoms with Crippen LogP contribution in [0.2, 0.25) is 0 Å². The van der Waals surface area contributed by atoms with Gasteiger partial charge in [-0.2, -0.15) is 5.10 Å². The largest absolute Gasteiger partial charge is 0.446 e. The minimum absolute atomic E-state index is 0.0968.